The molecule has 2 saturated heterocycles. The van der Waals surface area contributed by atoms with E-state index in [1.165, 1.54) is 44.3 Å². The van der Waals surface area contributed by atoms with Gasteiger partial charge in [0.15, 0.2) is 0 Å². The van der Waals surface area contributed by atoms with E-state index in [1.54, 1.807) is 6.92 Å². The minimum atomic E-state index is -3.26. The van der Waals surface area contributed by atoms with Crippen molar-refractivity contribution >= 4 is 21.4 Å². The van der Waals surface area contributed by atoms with Crippen LogP contribution in [0.2, 0.25) is 0 Å². The molecule has 0 spiro atoms. The fraction of sp³-hybridized carbons (Fsp3) is 0.556. The van der Waals surface area contributed by atoms with Gasteiger partial charge in [-0.15, -0.1) is 0 Å². The van der Waals surface area contributed by atoms with Crippen molar-refractivity contribution in [1.29, 1.82) is 0 Å². The van der Waals surface area contributed by atoms with Gasteiger partial charge < -0.3 is 10.2 Å². The van der Waals surface area contributed by atoms with Crippen molar-refractivity contribution in [3.8, 4) is 0 Å². The number of rotatable bonds is 9. The number of likely N-dealkylation sites (tertiary alicyclic amines) is 1. The summed E-state index contributed by atoms with van der Waals surface area (Å²) >= 11 is 0. The third kappa shape index (κ3) is 6.96. The molecule has 0 saturated carbocycles. The topological polar surface area (TPSA) is 64.7 Å². The molecule has 0 amide bonds. The maximum absolute atomic E-state index is 11.9. The SMILES string of the molecule is CCS(=O)(=O)Nc1cccc(N2CCC(NCC(c3ccccc3)N3CCCCCC3)CC2)c1. The van der Waals surface area contributed by atoms with Crippen molar-refractivity contribution in [2.75, 3.05) is 48.1 Å². The van der Waals surface area contributed by atoms with E-state index in [4.69, 9.17) is 0 Å². The second kappa shape index (κ2) is 12.0. The summed E-state index contributed by atoms with van der Waals surface area (Å²) in [7, 11) is -3.26. The van der Waals surface area contributed by atoms with Gasteiger partial charge in [0.2, 0.25) is 10.0 Å². The van der Waals surface area contributed by atoms with Crippen LogP contribution in [0.3, 0.4) is 0 Å². The highest BCUT2D eigenvalue weighted by atomic mass is 32.2. The van der Waals surface area contributed by atoms with E-state index < -0.39 is 10.0 Å². The highest BCUT2D eigenvalue weighted by Crippen LogP contribution is 2.26. The lowest BCUT2D eigenvalue weighted by Gasteiger charge is -2.37. The van der Waals surface area contributed by atoms with Gasteiger partial charge in [-0.25, -0.2) is 8.42 Å². The van der Waals surface area contributed by atoms with Gasteiger partial charge in [-0.05, 0) is 69.5 Å². The Morgan fingerprint density at radius 3 is 2.29 bits per heavy atom. The number of anilines is 2. The molecular weight excluding hydrogens is 444 g/mol. The Morgan fingerprint density at radius 2 is 1.62 bits per heavy atom. The average Bonchev–Trinajstić information content (AvgIpc) is 3.15. The summed E-state index contributed by atoms with van der Waals surface area (Å²) in [5.74, 6) is 0.0791. The number of sulfonamides is 1. The minimum absolute atomic E-state index is 0.0791. The molecular formula is C27H40N4O2S. The maximum atomic E-state index is 11.9. The molecule has 0 aliphatic carbocycles. The second-order valence-electron chi connectivity index (χ2n) is 9.60. The molecule has 2 heterocycles. The quantitative estimate of drug-likeness (QED) is 0.544. The highest BCUT2D eigenvalue weighted by Gasteiger charge is 2.24. The molecule has 2 aliphatic rings. The third-order valence-electron chi connectivity index (χ3n) is 7.23. The largest absolute Gasteiger partial charge is 0.371 e. The van der Waals surface area contributed by atoms with Crippen LogP contribution in [0.4, 0.5) is 11.4 Å². The summed E-state index contributed by atoms with van der Waals surface area (Å²) in [4.78, 5) is 5.05. The minimum Gasteiger partial charge on any atom is -0.371 e. The number of hydrogen-bond donors (Lipinski definition) is 2. The fourth-order valence-corrected chi connectivity index (χ4v) is 5.81. The zero-order valence-electron chi connectivity index (χ0n) is 20.5. The third-order valence-corrected chi connectivity index (χ3v) is 8.53. The number of nitrogens with zero attached hydrogens (tertiary/aromatic N) is 2. The Bertz CT molecular complexity index is 983. The fourth-order valence-electron chi connectivity index (χ4n) is 5.18. The Labute approximate surface area is 205 Å². The van der Waals surface area contributed by atoms with Crippen molar-refractivity contribution in [3.05, 3.63) is 60.2 Å². The molecule has 1 atom stereocenters. The van der Waals surface area contributed by atoms with E-state index in [0.717, 1.165) is 38.2 Å². The lowest BCUT2D eigenvalue weighted by Crippen LogP contribution is -2.45. The first-order valence-electron chi connectivity index (χ1n) is 12.9. The van der Waals surface area contributed by atoms with Crippen molar-refractivity contribution in [3.63, 3.8) is 0 Å². The summed E-state index contributed by atoms with van der Waals surface area (Å²) < 4.78 is 26.5. The van der Waals surface area contributed by atoms with E-state index in [9.17, 15) is 8.42 Å². The van der Waals surface area contributed by atoms with Gasteiger partial charge in [0.25, 0.3) is 0 Å². The van der Waals surface area contributed by atoms with E-state index in [0.29, 0.717) is 17.8 Å². The molecule has 186 valence electrons. The molecule has 6 nitrogen and oxygen atoms in total. The molecule has 7 heteroatoms. The summed E-state index contributed by atoms with van der Waals surface area (Å²) in [6.07, 6.45) is 7.49. The van der Waals surface area contributed by atoms with Crippen molar-refractivity contribution in [1.82, 2.24) is 10.2 Å². The van der Waals surface area contributed by atoms with Crippen LogP contribution in [-0.4, -0.2) is 57.8 Å². The lowest BCUT2D eigenvalue weighted by molar-refractivity contribution is 0.193. The molecule has 34 heavy (non-hydrogen) atoms. The first kappa shape index (κ1) is 25.0. The van der Waals surface area contributed by atoms with Gasteiger partial charge in [0, 0.05) is 37.4 Å². The number of hydrogen-bond acceptors (Lipinski definition) is 5. The maximum Gasteiger partial charge on any atom is 0.232 e. The first-order chi connectivity index (χ1) is 16.5. The van der Waals surface area contributed by atoms with Gasteiger partial charge >= 0.3 is 0 Å². The van der Waals surface area contributed by atoms with Crippen molar-refractivity contribution in [2.24, 2.45) is 0 Å². The van der Waals surface area contributed by atoms with Gasteiger partial charge in [-0.2, -0.15) is 0 Å². The number of nitrogens with one attached hydrogen (secondary N) is 2. The van der Waals surface area contributed by atoms with E-state index >= 15 is 0 Å². The predicted octanol–water partition coefficient (Wildman–Crippen LogP) is 4.62. The molecule has 2 aromatic rings. The lowest BCUT2D eigenvalue weighted by atomic mass is 10.0. The van der Waals surface area contributed by atoms with Crippen molar-refractivity contribution < 1.29 is 8.42 Å². The Kier molecular flexibility index (Phi) is 8.86. The van der Waals surface area contributed by atoms with Gasteiger partial charge in [-0.3, -0.25) is 9.62 Å². The molecule has 0 aromatic heterocycles. The average molecular weight is 485 g/mol. The second-order valence-corrected chi connectivity index (χ2v) is 11.6. The zero-order chi connectivity index (χ0) is 23.8. The summed E-state index contributed by atoms with van der Waals surface area (Å²) in [6.45, 7) is 6.97. The number of piperidine rings is 1. The van der Waals surface area contributed by atoms with Gasteiger partial charge in [0.05, 0.1) is 11.4 Å². The molecule has 2 aromatic carbocycles. The van der Waals surface area contributed by atoms with Crippen LogP contribution >= 0.6 is 0 Å². The number of benzene rings is 2. The first-order valence-corrected chi connectivity index (χ1v) is 14.6. The van der Waals surface area contributed by atoms with Crippen LogP contribution in [0.1, 0.15) is 57.1 Å². The van der Waals surface area contributed by atoms with Crippen LogP contribution in [0, 0.1) is 0 Å². The Morgan fingerprint density at radius 1 is 0.912 bits per heavy atom. The van der Waals surface area contributed by atoms with Crippen LogP contribution < -0.4 is 14.9 Å². The molecule has 4 rings (SSSR count). The van der Waals surface area contributed by atoms with E-state index in [1.807, 2.05) is 18.2 Å². The van der Waals surface area contributed by atoms with Gasteiger partial charge in [0.1, 0.15) is 0 Å². The van der Waals surface area contributed by atoms with E-state index in [-0.39, 0.29) is 5.75 Å². The highest BCUT2D eigenvalue weighted by molar-refractivity contribution is 7.92. The monoisotopic (exact) mass is 484 g/mol. The van der Waals surface area contributed by atoms with Crippen LogP contribution in [-0.2, 0) is 10.0 Å². The molecule has 0 radical (unpaired) electrons. The van der Waals surface area contributed by atoms with Crippen LogP contribution in [0.15, 0.2) is 54.6 Å². The Balaban J connectivity index is 1.33. The summed E-state index contributed by atoms with van der Waals surface area (Å²) in [5, 5.41) is 3.90. The van der Waals surface area contributed by atoms with E-state index in [2.05, 4.69) is 56.2 Å². The summed E-state index contributed by atoms with van der Waals surface area (Å²) in [5.41, 5.74) is 3.14. The smallest absolute Gasteiger partial charge is 0.232 e. The Hall–Kier alpha value is -2.09. The van der Waals surface area contributed by atoms with Crippen LogP contribution in [0.5, 0.6) is 0 Å². The molecule has 2 aliphatic heterocycles. The summed E-state index contributed by atoms with van der Waals surface area (Å²) in [6, 6.07) is 19.7. The van der Waals surface area contributed by atoms with Crippen molar-refractivity contribution in [2.45, 2.75) is 57.5 Å². The standard InChI is InChI=1S/C27H40N4O2S/c1-2-34(32,33)29-25-13-10-14-26(21-25)30-19-15-24(16-20-30)28-22-27(23-11-6-5-7-12-23)31-17-8-3-4-9-18-31/h5-7,10-14,21,24,27-29H,2-4,8-9,15-20,22H2,1H3. The molecule has 2 fully saturated rings. The van der Waals surface area contributed by atoms with Gasteiger partial charge in [-0.1, -0.05) is 49.2 Å². The molecule has 2 N–H and O–H groups in total. The predicted molar refractivity (Wildman–Crippen MR) is 142 cm³/mol. The molecule has 0 bridgehead atoms. The zero-order valence-corrected chi connectivity index (χ0v) is 21.3. The van der Waals surface area contributed by atoms with Crippen LogP contribution in [0.25, 0.3) is 0 Å². The molecule has 1 unspecified atom stereocenters. The normalized spacial score (nSPS) is 19.5.